The van der Waals surface area contributed by atoms with Gasteiger partial charge in [-0.15, -0.1) is 11.3 Å². The number of nitrogens with zero attached hydrogens (tertiary/aromatic N) is 2. The number of hydrogen-bond donors (Lipinski definition) is 2. The lowest BCUT2D eigenvalue weighted by Crippen LogP contribution is -2.29. The molecule has 31 heavy (non-hydrogen) atoms. The molecule has 1 amide bonds. The molecule has 1 saturated heterocycles. The maximum atomic E-state index is 13.4. The molecule has 1 aliphatic rings. The molecule has 3 aromatic rings. The molecule has 3 heterocycles. The number of hydrogen-bond acceptors (Lipinski definition) is 5. The Morgan fingerprint density at radius 2 is 1.94 bits per heavy atom. The van der Waals surface area contributed by atoms with Crippen molar-refractivity contribution in [2.75, 3.05) is 30.3 Å². The lowest BCUT2D eigenvalue weighted by molar-refractivity contribution is 0.0959. The lowest BCUT2D eigenvalue weighted by atomic mass is 10.1. The van der Waals surface area contributed by atoms with Crippen molar-refractivity contribution in [3.05, 3.63) is 52.0 Å². The number of nitrogen functional groups attached to an aromatic ring is 1. The average molecular weight is 445 g/mol. The molecule has 1 aromatic carbocycles. The van der Waals surface area contributed by atoms with Gasteiger partial charge in [-0.05, 0) is 56.4 Å². The van der Waals surface area contributed by atoms with Crippen LogP contribution >= 0.6 is 11.3 Å². The van der Waals surface area contributed by atoms with Crippen LogP contribution in [0.3, 0.4) is 0 Å². The standard InChI is InChI=1S/C23H26F2N4OS/c1-14-13-17(21(24)25)18-19(26)20(31-23(18)28-14)22(30)27-10-9-15-5-7-16(8-6-15)29-11-3-2-4-12-29/h5-8,13,21H,2-4,9-12,26H2,1H3,(H,27,30). The number of pyridine rings is 1. The summed E-state index contributed by atoms with van der Waals surface area (Å²) in [4.78, 5) is 19.9. The predicted octanol–water partition coefficient (Wildman–Crippen LogP) is 5.09. The summed E-state index contributed by atoms with van der Waals surface area (Å²) < 4.78 is 26.8. The number of carbonyl (C=O) groups is 1. The second-order valence-corrected chi connectivity index (χ2v) is 8.90. The number of aryl methyl sites for hydroxylation is 1. The van der Waals surface area contributed by atoms with Gasteiger partial charge in [0, 0.05) is 42.0 Å². The van der Waals surface area contributed by atoms with Crippen LogP contribution in [-0.2, 0) is 6.42 Å². The Bertz CT molecular complexity index is 1080. The molecule has 0 unspecified atom stereocenters. The molecule has 0 spiro atoms. The van der Waals surface area contributed by atoms with Gasteiger partial charge in [-0.3, -0.25) is 4.79 Å². The number of nitrogens with two attached hydrogens (primary N) is 1. The van der Waals surface area contributed by atoms with Crippen molar-refractivity contribution in [3.8, 4) is 0 Å². The van der Waals surface area contributed by atoms with Crippen molar-refractivity contribution in [3.63, 3.8) is 0 Å². The van der Waals surface area contributed by atoms with Crippen LogP contribution in [0, 0.1) is 6.92 Å². The van der Waals surface area contributed by atoms with E-state index in [2.05, 4.69) is 39.5 Å². The highest BCUT2D eigenvalue weighted by Crippen LogP contribution is 2.38. The Labute approximate surface area is 184 Å². The lowest BCUT2D eigenvalue weighted by Gasteiger charge is -2.28. The molecule has 4 rings (SSSR count). The van der Waals surface area contributed by atoms with E-state index in [1.807, 2.05) is 0 Å². The number of carbonyl (C=O) groups excluding carboxylic acids is 1. The van der Waals surface area contributed by atoms with Gasteiger partial charge in [-0.25, -0.2) is 13.8 Å². The monoisotopic (exact) mass is 444 g/mol. The summed E-state index contributed by atoms with van der Waals surface area (Å²) in [7, 11) is 0. The molecule has 0 radical (unpaired) electrons. The van der Waals surface area contributed by atoms with Crippen LogP contribution in [0.5, 0.6) is 0 Å². The van der Waals surface area contributed by atoms with E-state index in [1.54, 1.807) is 6.92 Å². The SMILES string of the molecule is Cc1cc(C(F)F)c2c(N)c(C(=O)NCCc3ccc(N4CCCCC4)cc3)sc2n1. The zero-order chi connectivity index (χ0) is 22.0. The Balaban J connectivity index is 1.40. The number of aromatic nitrogens is 1. The van der Waals surface area contributed by atoms with Crippen LogP contribution in [0.25, 0.3) is 10.2 Å². The van der Waals surface area contributed by atoms with E-state index >= 15 is 0 Å². The molecule has 1 aliphatic heterocycles. The van der Waals surface area contributed by atoms with Crippen molar-refractivity contribution in [2.24, 2.45) is 0 Å². The smallest absolute Gasteiger partial charge is 0.264 e. The number of halogens is 2. The Hall–Kier alpha value is -2.74. The molecule has 3 N–H and O–H groups in total. The van der Waals surface area contributed by atoms with Gasteiger partial charge >= 0.3 is 0 Å². The van der Waals surface area contributed by atoms with Gasteiger partial charge in [0.2, 0.25) is 0 Å². The summed E-state index contributed by atoms with van der Waals surface area (Å²) in [5.74, 6) is -0.358. The van der Waals surface area contributed by atoms with E-state index in [4.69, 9.17) is 5.73 Å². The fraction of sp³-hybridized carbons (Fsp3) is 0.391. The second-order valence-electron chi connectivity index (χ2n) is 7.90. The maximum Gasteiger partial charge on any atom is 0.264 e. The van der Waals surface area contributed by atoms with E-state index in [1.165, 1.54) is 31.0 Å². The fourth-order valence-electron chi connectivity index (χ4n) is 4.05. The Morgan fingerprint density at radius 3 is 2.61 bits per heavy atom. The van der Waals surface area contributed by atoms with E-state index in [-0.39, 0.29) is 27.4 Å². The molecule has 8 heteroatoms. The van der Waals surface area contributed by atoms with Gasteiger partial charge in [0.1, 0.15) is 9.71 Å². The Morgan fingerprint density at radius 1 is 1.23 bits per heavy atom. The van der Waals surface area contributed by atoms with E-state index in [0.29, 0.717) is 23.5 Å². The molecule has 5 nitrogen and oxygen atoms in total. The summed E-state index contributed by atoms with van der Waals surface area (Å²) in [6.45, 7) is 4.29. The van der Waals surface area contributed by atoms with Crippen LogP contribution in [0.2, 0.25) is 0 Å². The van der Waals surface area contributed by atoms with Gasteiger partial charge in [0.25, 0.3) is 12.3 Å². The maximum absolute atomic E-state index is 13.4. The highest BCUT2D eigenvalue weighted by atomic mass is 32.1. The minimum absolute atomic E-state index is 0.0752. The minimum Gasteiger partial charge on any atom is -0.397 e. The molecule has 0 aliphatic carbocycles. The molecule has 1 fully saturated rings. The van der Waals surface area contributed by atoms with Gasteiger partial charge in [-0.1, -0.05) is 12.1 Å². The van der Waals surface area contributed by atoms with Crippen LogP contribution in [0.4, 0.5) is 20.2 Å². The summed E-state index contributed by atoms with van der Waals surface area (Å²) in [5, 5.41) is 3.04. The second kappa shape index (κ2) is 9.18. The number of fused-ring (bicyclic) bond motifs is 1. The highest BCUT2D eigenvalue weighted by Gasteiger charge is 2.23. The fourth-order valence-corrected chi connectivity index (χ4v) is 5.14. The number of rotatable bonds is 6. The first kappa shape index (κ1) is 21.5. The van der Waals surface area contributed by atoms with Crippen LogP contribution in [0.15, 0.2) is 30.3 Å². The largest absolute Gasteiger partial charge is 0.397 e. The van der Waals surface area contributed by atoms with Gasteiger partial charge < -0.3 is 16.0 Å². The van der Waals surface area contributed by atoms with E-state index < -0.39 is 6.43 Å². The number of thiophene rings is 1. The van der Waals surface area contributed by atoms with Crippen molar-refractivity contribution >= 4 is 38.8 Å². The molecular weight excluding hydrogens is 418 g/mol. The summed E-state index contributed by atoms with van der Waals surface area (Å²) >= 11 is 1.05. The molecule has 0 atom stereocenters. The zero-order valence-electron chi connectivity index (χ0n) is 17.5. The molecule has 2 aromatic heterocycles. The molecule has 164 valence electrons. The van der Waals surface area contributed by atoms with E-state index in [9.17, 15) is 13.6 Å². The Kier molecular flexibility index (Phi) is 6.36. The van der Waals surface area contributed by atoms with Gasteiger partial charge in [0.15, 0.2) is 0 Å². The summed E-state index contributed by atoms with van der Waals surface area (Å²) in [6, 6.07) is 9.76. The van der Waals surface area contributed by atoms with Gasteiger partial charge in [0.05, 0.1) is 5.69 Å². The zero-order valence-corrected chi connectivity index (χ0v) is 18.3. The number of benzene rings is 1. The van der Waals surface area contributed by atoms with Crippen molar-refractivity contribution in [1.82, 2.24) is 10.3 Å². The van der Waals surface area contributed by atoms with Crippen molar-refractivity contribution < 1.29 is 13.6 Å². The summed E-state index contributed by atoms with van der Waals surface area (Å²) in [5.41, 5.74) is 8.81. The number of piperidine rings is 1. The topological polar surface area (TPSA) is 71.2 Å². The summed E-state index contributed by atoms with van der Waals surface area (Å²) in [6.07, 6.45) is 1.78. The predicted molar refractivity (Wildman–Crippen MR) is 122 cm³/mol. The van der Waals surface area contributed by atoms with Crippen LogP contribution in [0.1, 0.15) is 52.2 Å². The van der Waals surface area contributed by atoms with Gasteiger partial charge in [-0.2, -0.15) is 0 Å². The van der Waals surface area contributed by atoms with Crippen molar-refractivity contribution in [2.45, 2.75) is 39.0 Å². The molecule has 0 bridgehead atoms. The van der Waals surface area contributed by atoms with Crippen LogP contribution < -0.4 is 16.0 Å². The normalized spacial score (nSPS) is 14.4. The van der Waals surface area contributed by atoms with Crippen molar-refractivity contribution in [1.29, 1.82) is 0 Å². The third kappa shape index (κ3) is 4.63. The van der Waals surface area contributed by atoms with E-state index in [0.717, 1.165) is 30.0 Å². The number of nitrogens with one attached hydrogen (secondary N) is 1. The average Bonchev–Trinajstić information content (AvgIpc) is 3.10. The third-order valence-corrected chi connectivity index (χ3v) is 6.75. The molecular formula is C23H26F2N4OS. The minimum atomic E-state index is -2.68. The number of anilines is 2. The number of amides is 1. The highest BCUT2D eigenvalue weighted by molar-refractivity contribution is 7.21. The van der Waals surface area contributed by atoms with Crippen LogP contribution in [-0.4, -0.2) is 30.5 Å². The molecule has 0 saturated carbocycles. The first-order valence-electron chi connectivity index (χ1n) is 10.5. The third-order valence-electron chi connectivity index (χ3n) is 5.66. The number of alkyl halides is 2. The first-order valence-corrected chi connectivity index (χ1v) is 11.4. The first-order chi connectivity index (χ1) is 14.9. The quantitative estimate of drug-likeness (QED) is 0.556.